The summed E-state index contributed by atoms with van der Waals surface area (Å²) in [4.78, 5) is 16.6. The van der Waals surface area contributed by atoms with Crippen molar-refractivity contribution >= 4 is 31.9 Å². The number of sulfonamides is 1. The number of aromatic nitrogens is 1. The van der Waals surface area contributed by atoms with Gasteiger partial charge in [-0.05, 0) is 40.2 Å². The molecule has 1 atom stereocenters. The van der Waals surface area contributed by atoms with Gasteiger partial charge in [-0.15, -0.1) is 0 Å². The van der Waals surface area contributed by atoms with Crippen molar-refractivity contribution in [1.82, 2.24) is 9.29 Å². The van der Waals surface area contributed by atoms with Crippen molar-refractivity contribution in [3.05, 3.63) is 71.0 Å². The molecule has 0 bridgehead atoms. The van der Waals surface area contributed by atoms with E-state index in [0.717, 1.165) is 11.4 Å². The Bertz CT molecular complexity index is 1100. The number of carbonyl (C=O) groups is 1. The average molecular weight is 495 g/mol. The normalized spacial score (nSPS) is 12.7. The van der Waals surface area contributed by atoms with Crippen molar-refractivity contribution in [2.24, 2.45) is 0 Å². The Morgan fingerprint density at radius 3 is 2.33 bits per heavy atom. The maximum atomic E-state index is 13.3. The summed E-state index contributed by atoms with van der Waals surface area (Å²) in [6, 6.07) is 15.2. The number of halogens is 1. The second-order valence-corrected chi connectivity index (χ2v) is 8.80. The predicted molar refractivity (Wildman–Crippen MR) is 112 cm³/mol. The lowest BCUT2D eigenvalue weighted by atomic mass is 10.2. The number of oxazole rings is 1. The molecule has 3 aromatic rings. The van der Waals surface area contributed by atoms with E-state index in [2.05, 4.69) is 20.9 Å². The number of ether oxygens (including phenoxy) is 1. The minimum absolute atomic E-state index is 0.0322. The third-order valence-electron chi connectivity index (χ3n) is 4.32. The Morgan fingerprint density at radius 2 is 1.77 bits per heavy atom. The zero-order chi connectivity index (χ0) is 21.7. The number of hydrogen-bond donors (Lipinski definition) is 1. The Balaban J connectivity index is 2.04. The van der Waals surface area contributed by atoms with Crippen LogP contribution in [0.3, 0.4) is 0 Å². The van der Waals surface area contributed by atoms with Crippen molar-refractivity contribution in [2.45, 2.75) is 17.5 Å². The van der Waals surface area contributed by atoms with Crippen LogP contribution in [-0.4, -0.2) is 48.5 Å². The number of aliphatic hydroxyl groups is 1. The van der Waals surface area contributed by atoms with Crippen LogP contribution in [0.1, 0.15) is 5.69 Å². The van der Waals surface area contributed by atoms with E-state index < -0.39 is 28.6 Å². The SMILES string of the molecule is COC(=O)[C@H](CO)N(Cc1nc(-c2ccccc2)oc1Br)S(=O)(=O)c1ccccc1. The van der Waals surface area contributed by atoms with Gasteiger partial charge < -0.3 is 14.3 Å². The molecule has 158 valence electrons. The molecule has 0 aliphatic carbocycles. The fraction of sp³-hybridized carbons (Fsp3) is 0.200. The van der Waals surface area contributed by atoms with Gasteiger partial charge in [0.1, 0.15) is 11.7 Å². The summed E-state index contributed by atoms with van der Waals surface area (Å²) >= 11 is 3.26. The fourth-order valence-corrected chi connectivity index (χ4v) is 4.71. The standard InChI is InChI=1S/C20H19BrN2O6S/c1-28-20(25)17(13-24)23(30(26,27)15-10-6-3-7-11-15)12-16-18(21)29-19(22-16)14-8-4-2-5-9-14/h2-11,17,24H,12-13H2,1H3/t17-/m0/s1. The van der Waals surface area contributed by atoms with E-state index in [4.69, 9.17) is 9.15 Å². The van der Waals surface area contributed by atoms with Gasteiger partial charge in [0.15, 0.2) is 4.67 Å². The summed E-state index contributed by atoms with van der Waals surface area (Å²) in [5, 5.41) is 9.78. The number of methoxy groups -OCH3 is 1. The molecule has 0 aliphatic heterocycles. The number of benzene rings is 2. The first kappa shape index (κ1) is 22.2. The summed E-state index contributed by atoms with van der Waals surface area (Å²) in [5.41, 5.74) is 0.948. The molecule has 0 spiro atoms. The molecule has 1 N–H and O–H groups in total. The topological polar surface area (TPSA) is 110 Å². The minimum Gasteiger partial charge on any atom is -0.468 e. The summed E-state index contributed by atoms with van der Waals surface area (Å²) in [6.07, 6.45) is 0. The number of nitrogens with zero attached hydrogens (tertiary/aromatic N) is 2. The van der Waals surface area contributed by atoms with Crippen LogP contribution in [0.5, 0.6) is 0 Å². The Kier molecular flexibility index (Phi) is 7.03. The maximum absolute atomic E-state index is 13.3. The molecule has 30 heavy (non-hydrogen) atoms. The monoisotopic (exact) mass is 494 g/mol. The number of rotatable bonds is 8. The molecule has 2 aromatic carbocycles. The second-order valence-electron chi connectivity index (χ2n) is 6.19. The molecule has 8 nitrogen and oxygen atoms in total. The van der Waals surface area contributed by atoms with Crippen LogP contribution in [-0.2, 0) is 26.1 Å². The molecule has 0 unspecified atom stereocenters. The van der Waals surface area contributed by atoms with Gasteiger partial charge >= 0.3 is 5.97 Å². The summed E-state index contributed by atoms with van der Waals surface area (Å²) in [6.45, 7) is -1.09. The van der Waals surface area contributed by atoms with Gasteiger partial charge in [0, 0.05) is 5.56 Å². The van der Waals surface area contributed by atoms with Crippen LogP contribution >= 0.6 is 15.9 Å². The van der Waals surface area contributed by atoms with Crippen LogP contribution in [0.25, 0.3) is 11.5 Å². The van der Waals surface area contributed by atoms with E-state index in [-0.39, 0.29) is 27.7 Å². The van der Waals surface area contributed by atoms with E-state index in [0.29, 0.717) is 5.56 Å². The van der Waals surface area contributed by atoms with Crippen molar-refractivity contribution in [3.8, 4) is 11.5 Å². The van der Waals surface area contributed by atoms with E-state index in [9.17, 15) is 18.3 Å². The highest BCUT2D eigenvalue weighted by molar-refractivity contribution is 9.10. The third-order valence-corrected chi connectivity index (χ3v) is 6.81. The zero-order valence-electron chi connectivity index (χ0n) is 15.9. The molecular formula is C20H19BrN2O6S. The predicted octanol–water partition coefficient (Wildman–Crippen LogP) is 2.83. The van der Waals surface area contributed by atoms with E-state index >= 15 is 0 Å². The van der Waals surface area contributed by atoms with Crippen LogP contribution in [0, 0.1) is 0 Å². The lowest BCUT2D eigenvalue weighted by molar-refractivity contribution is -0.146. The number of hydrogen-bond acceptors (Lipinski definition) is 7. The summed E-state index contributed by atoms with van der Waals surface area (Å²) < 4.78 is 38.0. The van der Waals surface area contributed by atoms with E-state index in [1.165, 1.54) is 12.1 Å². The average Bonchev–Trinajstić information content (AvgIpc) is 3.15. The quantitative estimate of drug-likeness (QED) is 0.479. The van der Waals surface area contributed by atoms with Gasteiger partial charge in [0.2, 0.25) is 15.9 Å². The van der Waals surface area contributed by atoms with Crippen molar-refractivity contribution in [2.75, 3.05) is 13.7 Å². The van der Waals surface area contributed by atoms with Crippen LogP contribution in [0.15, 0.2) is 74.6 Å². The fourth-order valence-electron chi connectivity index (χ4n) is 2.79. The smallest absolute Gasteiger partial charge is 0.326 e. The highest BCUT2D eigenvalue weighted by Gasteiger charge is 2.37. The Labute approximate surface area is 182 Å². The molecule has 0 radical (unpaired) electrons. The summed E-state index contributed by atoms with van der Waals surface area (Å²) in [7, 11) is -3.04. The number of aliphatic hydroxyl groups excluding tert-OH is 1. The first-order chi connectivity index (χ1) is 14.4. The van der Waals surface area contributed by atoms with E-state index in [1.54, 1.807) is 30.3 Å². The largest absolute Gasteiger partial charge is 0.468 e. The first-order valence-corrected chi connectivity index (χ1v) is 11.1. The number of esters is 1. The lowest BCUT2D eigenvalue weighted by Gasteiger charge is -2.27. The second kappa shape index (κ2) is 9.52. The Morgan fingerprint density at radius 1 is 1.17 bits per heavy atom. The van der Waals surface area contributed by atoms with Gasteiger partial charge in [-0.3, -0.25) is 4.79 Å². The highest BCUT2D eigenvalue weighted by Crippen LogP contribution is 2.29. The van der Waals surface area contributed by atoms with Crippen molar-refractivity contribution < 1.29 is 27.5 Å². The van der Waals surface area contributed by atoms with Crippen LogP contribution in [0.4, 0.5) is 0 Å². The molecule has 0 amide bonds. The number of carbonyl (C=O) groups excluding carboxylic acids is 1. The summed E-state index contributed by atoms with van der Waals surface area (Å²) in [5.74, 6) is -0.604. The molecule has 0 saturated heterocycles. The third kappa shape index (κ3) is 4.62. The minimum atomic E-state index is -4.17. The van der Waals surface area contributed by atoms with Gasteiger partial charge in [-0.2, -0.15) is 4.31 Å². The Hall–Kier alpha value is -2.53. The van der Waals surface area contributed by atoms with Gasteiger partial charge in [-0.1, -0.05) is 36.4 Å². The van der Waals surface area contributed by atoms with Gasteiger partial charge in [0.25, 0.3) is 0 Å². The zero-order valence-corrected chi connectivity index (χ0v) is 18.3. The molecule has 1 heterocycles. The molecule has 1 aromatic heterocycles. The molecule has 0 saturated carbocycles. The maximum Gasteiger partial charge on any atom is 0.326 e. The highest BCUT2D eigenvalue weighted by atomic mass is 79.9. The van der Waals surface area contributed by atoms with Crippen molar-refractivity contribution in [3.63, 3.8) is 0 Å². The van der Waals surface area contributed by atoms with Gasteiger partial charge in [0.05, 0.1) is 25.2 Å². The molecule has 0 aliphatic rings. The van der Waals surface area contributed by atoms with Crippen molar-refractivity contribution in [1.29, 1.82) is 0 Å². The van der Waals surface area contributed by atoms with E-state index in [1.807, 2.05) is 18.2 Å². The lowest BCUT2D eigenvalue weighted by Crippen LogP contribution is -2.47. The van der Waals surface area contributed by atoms with Crippen LogP contribution in [0.2, 0.25) is 0 Å². The molecular weight excluding hydrogens is 476 g/mol. The molecule has 0 fully saturated rings. The molecule has 3 rings (SSSR count). The molecule has 10 heteroatoms. The van der Waals surface area contributed by atoms with Gasteiger partial charge in [-0.25, -0.2) is 13.4 Å². The van der Waals surface area contributed by atoms with Crippen LogP contribution < -0.4 is 0 Å². The first-order valence-electron chi connectivity index (χ1n) is 8.84.